The Balaban J connectivity index is 1.76. The Labute approximate surface area is 115 Å². The molecule has 0 N–H and O–H groups in total. The number of hydrogen-bond donors (Lipinski definition) is 0. The van der Waals surface area contributed by atoms with Crippen molar-refractivity contribution in [1.82, 2.24) is 4.90 Å². The standard InChI is InChI=1S/C17H23NO/c1-18-10-13-3-6-16-15-5-4-14(19-2)9-12(15)7-8-17(13,16)11-18/h4-5,9,13,16H,3,6-8,10-11H2,1-2H3. The minimum absolute atomic E-state index is 0.594. The van der Waals surface area contributed by atoms with Gasteiger partial charge in [-0.3, -0.25) is 0 Å². The molecule has 1 aromatic rings. The summed E-state index contributed by atoms with van der Waals surface area (Å²) in [7, 11) is 4.07. The van der Waals surface area contributed by atoms with Gasteiger partial charge in [-0.05, 0) is 73.2 Å². The molecule has 1 heterocycles. The summed E-state index contributed by atoms with van der Waals surface area (Å²) < 4.78 is 5.39. The number of aryl methyl sites for hydroxylation is 1. The highest BCUT2D eigenvalue weighted by atomic mass is 16.5. The first-order valence-corrected chi connectivity index (χ1v) is 7.58. The van der Waals surface area contributed by atoms with E-state index in [-0.39, 0.29) is 0 Å². The molecule has 2 fully saturated rings. The van der Waals surface area contributed by atoms with Crippen molar-refractivity contribution >= 4 is 0 Å². The molecule has 4 rings (SSSR count). The quantitative estimate of drug-likeness (QED) is 0.766. The highest BCUT2D eigenvalue weighted by Gasteiger charge is 2.56. The molecule has 2 aliphatic carbocycles. The van der Waals surface area contributed by atoms with Crippen LogP contribution in [0.5, 0.6) is 5.75 Å². The van der Waals surface area contributed by atoms with E-state index in [1.165, 1.54) is 38.8 Å². The second kappa shape index (κ2) is 3.99. The minimum atomic E-state index is 0.594. The Kier molecular flexibility index (Phi) is 2.47. The number of likely N-dealkylation sites (tertiary alicyclic amines) is 1. The summed E-state index contributed by atoms with van der Waals surface area (Å²) in [6, 6.07) is 6.78. The number of rotatable bonds is 1. The summed E-state index contributed by atoms with van der Waals surface area (Å²) in [6.45, 7) is 2.63. The Morgan fingerprint density at radius 2 is 2.21 bits per heavy atom. The van der Waals surface area contributed by atoms with Crippen LogP contribution in [-0.4, -0.2) is 32.1 Å². The van der Waals surface area contributed by atoms with Crippen molar-refractivity contribution in [1.29, 1.82) is 0 Å². The zero-order valence-corrected chi connectivity index (χ0v) is 12.0. The Bertz CT molecular complexity index is 512. The second-order valence-corrected chi connectivity index (χ2v) is 6.82. The van der Waals surface area contributed by atoms with Crippen molar-refractivity contribution < 1.29 is 4.74 Å². The van der Waals surface area contributed by atoms with Crippen molar-refractivity contribution in [3.63, 3.8) is 0 Å². The van der Waals surface area contributed by atoms with Crippen LogP contribution in [-0.2, 0) is 6.42 Å². The van der Waals surface area contributed by atoms with Crippen LogP contribution < -0.4 is 4.74 Å². The number of benzene rings is 1. The first-order valence-electron chi connectivity index (χ1n) is 7.58. The van der Waals surface area contributed by atoms with Gasteiger partial charge in [-0.15, -0.1) is 0 Å². The van der Waals surface area contributed by atoms with E-state index in [9.17, 15) is 0 Å². The van der Waals surface area contributed by atoms with Gasteiger partial charge in [0.1, 0.15) is 5.75 Å². The zero-order chi connectivity index (χ0) is 13.0. The Hall–Kier alpha value is -1.02. The lowest BCUT2D eigenvalue weighted by Gasteiger charge is -2.41. The first-order chi connectivity index (χ1) is 9.23. The summed E-state index contributed by atoms with van der Waals surface area (Å²) in [5.41, 5.74) is 3.77. The van der Waals surface area contributed by atoms with Crippen LogP contribution in [0.3, 0.4) is 0 Å². The van der Waals surface area contributed by atoms with E-state index in [0.717, 1.165) is 17.6 Å². The number of nitrogens with zero attached hydrogens (tertiary/aromatic N) is 1. The molecular formula is C17H23NO. The third kappa shape index (κ3) is 1.53. The lowest BCUT2D eigenvalue weighted by molar-refractivity contribution is 0.189. The molecule has 2 nitrogen and oxygen atoms in total. The lowest BCUT2D eigenvalue weighted by atomic mass is 9.63. The van der Waals surface area contributed by atoms with Crippen LogP contribution in [0.2, 0.25) is 0 Å². The molecule has 3 atom stereocenters. The van der Waals surface area contributed by atoms with Crippen LogP contribution in [0.25, 0.3) is 0 Å². The molecule has 1 aliphatic heterocycles. The van der Waals surface area contributed by atoms with Crippen molar-refractivity contribution in [2.24, 2.45) is 11.3 Å². The van der Waals surface area contributed by atoms with E-state index in [4.69, 9.17) is 4.74 Å². The van der Waals surface area contributed by atoms with Gasteiger partial charge < -0.3 is 9.64 Å². The Morgan fingerprint density at radius 1 is 1.32 bits per heavy atom. The van der Waals surface area contributed by atoms with Crippen LogP contribution in [0, 0.1) is 11.3 Å². The molecule has 0 amide bonds. The topological polar surface area (TPSA) is 12.5 Å². The summed E-state index contributed by atoms with van der Waals surface area (Å²) >= 11 is 0. The number of ether oxygens (including phenoxy) is 1. The van der Waals surface area contributed by atoms with Gasteiger partial charge in [-0.1, -0.05) is 6.07 Å². The monoisotopic (exact) mass is 257 g/mol. The Morgan fingerprint density at radius 3 is 3.05 bits per heavy atom. The molecule has 3 unspecified atom stereocenters. The van der Waals surface area contributed by atoms with E-state index in [1.54, 1.807) is 18.2 Å². The molecule has 0 bridgehead atoms. The zero-order valence-electron chi connectivity index (χ0n) is 12.0. The van der Waals surface area contributed by atoms with E-state index in [1.807, 2.05) is 0 Å². The van der Waals surface area contributed by atoms with Gasteiger partial charge >= 0.3 is 0 Å². The fraction of sp³-hybridized carbons (Fsp3) is 0.647. The SMILES string of the molecule is COc1ccc2c(c1)CCC13CN(C)CC1CCC23. The molecule has 1 saturated carbocycles. The normalized spacial score (nSPS) is 36.7. The van der Waals surface area contributed by atoms with Gasteiger partial charge in [0, 0.05) is 13.1 Å². The molecule has 1 spiro atoms. The van der Waals surface area contributed by atoms with Gasteiger partial charge in [0.05, 0.1) is 7.11 Å². The van der Waals surface area contributed by atoms with Gasteiger partial charge in [-0.25, -0.2) is 0 Å². The second-order valence-electron chi connectivity index (χ2n) is 6.82. The molecule has 19 heavy (non-hydrogen) atoms. The fourth-order valence-corrected chi connectivity index (χ4v) is 5.24. The maximum absolute atomic E-state index is 5.39. The van der Waals surface area contributed by atoms with E-state index >= 15 is 0 Å². The lowest BCUT2D eigenvalue weighted by Crippen LogP contribution is -2.36. The smallest absolute Gasteiger partial charge is 0.119 e. The number of methoxy groups -OCH3 is 1. The molecular weight excluding hydrogens is 234 g/mol. The predicted octanol–water partition coefficient (Wildman–Crippen LogP) is 3.07. The van der Waals surface area contributed by atoms with Crippen LogP contribution in [0.1, 0.15) is 36.3 Å². The van der Waals surface area contributed by atoms with Crippen molar-refractivity contribution in [2.45, 2.75) is 31.6 Å². The average Bonchev–Trinajstić information content (AvgIpc) is 2.91. The molecule has 1 aromatic carbocycles. The molecule has 2 heteroatoms. The van der Waals surface area contributed by atoms with Gasteiger partial charge in [0.2, 0.25) is 0 Å². The first kappa shape index (κ1) is 11.8. The maximum atomic E-state index is 5.39. The largest absolute Gasteiger partial charge is 0.497 e. The molecule has 1 saturated heterocycles. The summed E-state index contributed by atoms with van der Waals surface area (Å²) in [5.74, 6) is 2.77. The predicted molar refractivity (Wildman–Crippen MR) is 76.7 cm³/mol. The fourth-order valence-electron chi connectivity index (χ4n) is 5.24. The average molecular weight is 257 g/mol. The highest BCUT2D eigenvalue weighted by molar-refractivity contribution is 5.42. The van der Waals surface area contributed by atoms with Crippen molar-refractivity contribution in [3.05, 3.63) is 29.3 Å². The van der Waals surface area contributed by atoms with Crippen LogP contribution >= 0.6 is 0 Å². The maximum Gasteiger partial charge on any atom is 0.119 e. The van der Waals surface area contributed by atoms with Gasteiger partial charge in [0.15, 0.2) is 0 Å². The third-order valence-corrected chi connectivity index (χ3v) is 5.99. The molecule has 3 aliphatic rings. The van der Waals surface area contributed by atoms with E-state index in [2.05, 4.69) is 30.1 Å². The minimum Gasteiger partial charge on any atom is -0.497 e. The molecule has 0 aromatic heterocycles. The van der Waals surface area contributed by atoms with Gasteiger partial charge in [-0.2, -0.15) is 0 Å². The summed E-state index contributed by atoms with van der Waals surface area (Å²) in [5, 5.41) is 0. The van der Waals surface area contributed by atoms with Crippen molar-refractivity contribution in [2.75, 3.05) is 27.2 Å². The number of fused-ring (bicyclic) bond motifs is 2. The van der Waals surface area contributed by atoms with E-state index < -0.39 is 0 Å². The van der Waals surface area contributed by atoms with E-state index in [0.29, 0.717) is 5.41 Å². The molecule has 102 valence electrons. The third-order valence-electron chi connectivity index (χ3n) is 5.99. The highest BCUT2D eigenvalue weighted by Crippen LogP contribution is 2.61. The molecule has 0 radical (unpaired) electrons. The summed E-state index contributed by atoms with van der Waals surface area (Å²) in [4.78, 5) is 2.56. The summed E-state index contributed by atoms with van der Waals surface area (Å²) in [6.07, 6.45) is 5.46. The van der Waals surface area contributed by atoms with Gasteiger partial charge in [0.25, 0.3) is 0 Å². The van der Waals surface area contributed by atoms with Crippen molar-refractivity contribution in [3.8, 4) is 5.75 Å². The van der Waals surface area contributed by atoms with Crippen LogP contribution in [0.4, 0.5) is 0 Å². The number of hydrogen-bond acceptors (Lipinski definition) is 2. The van der Waals surface area contributed by atoms with Crippen LogP contribution in [0.15, 0.2) is 18.2 Å².